The number of methoxy groups -OCH3 is 2. The van der Waals surface area contributed by atoms with E-state index in [-0.39, 0.29) is 11.3 Å². The van der Waals surface area contributed by atoms with Crippen molar-refractivity contribution in [1.29, 1.82) is 5.26 Å². The summed E-state index contributed by atoms with van der Waals surface area (Å²) in [5.74, 6) is -0.943. The fourth-order valence-electron chi connectivity index (χ4n) is 2.45. The van der Waals surface area contributed by atoms with Crippen molar-refractivity contribution in [2.24, 2.45) is 0 Å². The zero-order valence-corrected chi connectivity index (χ0v) is 13.1. The first kappa shape index (κ1) is 17.0. The van der Waals surface area contributed by atoms with Gasteiger partial charge in [-0.25, -0.2) is 0 Å². The monoisotopic (exact) mass is 326 g/mol. The van der Waals surface area contributed by atoms with E-state index in [4.69, 9.17) is 14.7 Å². The second kappa shape index (κ2) is 7.24. The third-order valence-corrected chi connectivity index (χ3v) is 3.56. The maximum atomic E-state index is 12.3. The zero-order chi connectivity index (χ0) is 17.7. The maximum absolute atomic E-state index is 12.3. The number of nitro benzene ring substituents is 1. The number of carbonyl (C=O) groups excluding carboxylic acids is 1. The first-order chi connectivity index (χ1) is 11.5. The van der Waals surface area contributed by atoms with Gasteiger partial charge in [-0.3, -0.25) is 14.9 Å². The van der Waals surface area contributed by atoms with Gasteiger partial charge in [0.25, 0.3) is 5.69 Å². The molecule has 0 aliphatic rings. The molecule has 24 heavy (non-hydrogen) atoms. The van der Waals surface area contributed by atoms with Crippen molar-refractivity contribution in [3.63, 3.8) is 0 Å². The van der Waals surface area contributed by atoms with E-state index in [0.717, 1.165) is 0 Å². The molecule has 0 saturated carbocycles. The largest absolute Gasteiger partial charge is 0.496 e. The minimum Gasteiger partial charge on any atom is -0.496 e. The number of nitro groups is 1. The minimum atomic E-state index is -0.862. The number of benzene rings is 2. The summed E-state index contributed by atoms with van der Waals surface area (Å²) in [5.41, 5.74) is 0.518. The lowest BCUT2D eigenvalue weighted by Crippen LogP contribution is -2.17. The third-order valence-electron chi connectivity index (χ3n) is 3.56. The first-order valence-corrected chi connectivity index (χ1v) is 6.92. The standard InChI is InChI=1S/C17H14N2O5/c1-23-15-6-4-3-5-13(15)16(17(20)24-2)11-7-8-14(19(21)22)12(9-11)10-18/h3-9,16H,1-2H3/t16-/m1/s1. The summed E-state index contributed by atoms with van der Waals surface area (Å²) in [5, 5.41) is 20.1. The van der Waals surface area contributed by atoms with E-state index in [1.54, 1.807) is 30.3 Å². The number of carbonyl (C=O) groups is 1. The molecule has 0 radical (unpaired) electrons. The Balaban J connectivity index is 2.64. The van der Waals surface area contributed by atoms with Crippen LogP contribution in [-0.2, 0) is 9.53 Å². The predicted molar refractivity (Wildman–Crippen MR) is 84.7 cm³/mol. The summed E-state index contributed by atoms with van der Waals surface area (Å²) in [4.78, 5) is 22.6. The van der Waals surface area contributed by atoms with E-state index in [2.05, 4.69) is 0 Å². The molecule has 0 aliphatic heterocycles. The molecular weight excluding hydrogens is 312 g/mol. The highest BCUT2D eigenvalue weighted by Crippen LogP contribution is 2.34. The highest BCUT2D eigenvalue weighted by molar-refractivity contribution is 5.83. The highest BCUT2D eigenvalue weighted by Gasteiger charge is 2.28. The van der Waals surface area contributed by atoms with Crippen molar-refractivity contribution in [1.82, 2.24) is 0 Å². The molecule has 0 unspecified atom stereocenters. The Morgan fingerprint density at radius 1 is 1.25 bits per heavy atom. The number of nitrogens with zero attached hydrogens (tertiary/aromatic N) is 2. The van der Waals surface area contributed by atoms with Crippen molar-refractivity contribution in [2.75, 3.05) is 14.2 Å². The van der Waals surface area contributed by atoms with Gasteiger partial charge in [0.15, 0.2) is 0 Å². The topological polar surface area (TPSA) is 102 Å². The fraction of sp³-hybridized carbons (Fsp3) is 0.176. The fourth-order valence-corrected chi connectivity index (χ4v) is 2.45. The molecule has 0 bridgehead atoms. The van der Waals surface area contributed by atoms with Crippen LogP contribution in [0.15, 0.2) is 42.5 Å². The molecule has 2 rings (SSSR count). The van der Waals surface area contributed by atoms with Crippen molar-refractivity contribution in [3.8, 4) is 11.8 Å². The predicted octanol–water partition coefficient (Wildman–Crippen LogP) is 2.78. The van der Waals surface area contributed by atoms with Crippen molar-refractivity contribution in [3.05, 3.63) is 69.3 Å². The second-order valence-electron chi connectivity index (χ2n) is 4.84. The number of esters is 1. The average molecular weight is 326 g/mol. The molecule has 7 nitrogen and oxygen atoms in total. The molecule has 0 amide bonds. The summed E-state index contributed by atoms with van der Waals surface area (Å²) in [6.45, 7) is 0. The zero-order valence-electron chi connectivity index (χ0n) is 13.1. The molecule has 0 aliphatic carbocycles. The number of rotatable bonds is 5. The van der Waals surface area contributed by atoms with Crippen molar-refractivity contribution >= 4 is 11.7 Å². The van der Waals surface area contributed by atoms with Crippen LogP contribution in [-0.4, -0.2) is 25.1 Å². The maximum Gasteiger partial charge on any atom is 0.317 e. The molecule has 122 valence electrons. The van der Waals surface area contributed by atoms with Crippen LogP contribution >= 0.6 is 0 Å². The van der Waals surface area contributed by atoms with Gasteiger partial charge in [0.1, 0.15) is 23.3 Å². The van der Waals surface area contributed by atoms with Crippen LogP contribution in [0.3, 0.4) is 0 Å². The van der Waals surface area contributed by atoms with E-state index in [1.165, 1.54) is 32.4 Å². The number of para-hydroxylation sites is 1. The van der Waals surface area contributed by atoms with Crippen LogP contribution in [0.25, 0.3) is 0 Å². The summed E-state index contributed by atoms with van der Waals surface area (Å²) in [6, 6.07) is 12.7. The van der Waals surface area contributed by atoms with Gasteiger partial charge in [0, 0.05) is 11.6 Å². The molecule has 0 aromatic heterocycles. The second-order valence-corrected chi connectivity index (χ2v) is 4.84. The number of ether oxygens (including phenoxy) is 2. The van der Waals surface area contributed by atoms with E-state index >= 15 is 0 Å². The Bertz CT molecular complexity index is 826. The number of hydrogen-bond acceptors (Lipinski definition) is 6. The molecule has 0 N–H and O–H groups in total. The molecule has 2 aromatic carbocycles. The van der Waals surface area contributed by atoms with Gasteiger partial charge in [-0.15, -0.1) is 0 Å². The first-order valence-electron chi connectivity index (χ1n) is 6.92. The van der Waals surface area contributed by atoms with Crippen LogP contribution in [0, 0.1) is 21.4 Å². The molecule has 0 heterocycles. The molecule has 0 spiro atoms. The summed E-state index contributed by atoms with van der Waals surface area (Å²) in [7, 11) is 2.73. The Morgan fingerprint density at radius 2 is 1.96 bits per heavy atom. The molecule has 2 aromatic rings. The van der Waals surface area contributed by atoms with Gasteiger partial charge in [-0.05, 0) is 17.7 Å². The van der Waals surface area contributed by atoms with E-state index in [1.807, 2.05) is 0 Å². The normalized spacial score (nSPS) is 11.2. The molecule has 1 atom stereocenters. The lowest BCUT2D eigenvalue weighted by molar-refractivity contribution is -0.385. The number of hydrogen-bond donors (Lipinski definition) is 0. The summed E-state index contributed by atoms with van der Waals surface area (Å²) >= 11 is 0. The van der Waals surface area contributed by atoms with Crippen LogP contribution in [0.4, 0.5) is 5.69 Å². The van der Waals surface area contributed by atoms with Crippen LogP contribution in [0.5, 0.6) is 5.75 Å². The highest BCUT2D eigenvalue weighted by atomic mass is 16.6. The third kappa shape index (κ3) is 3.17. The van der Waals surface area contributed by atoms with Gasteiger partial charge in [-0.1, -0.05) is 24.3 Å². The lowest BCUT2D eigenvalue weighted by Gasteiger charge is -2.18. The average Bonchev–Trinajstić information content (AvgIpc) is 2.61. The van der Waals surface area contributed by atoms with Crippen molar-refractivity contribution < 1.29 is 19.2 Å². The van der Waals surface area contributed by atoms with Gasteiger partial charge in [0.2, 0.25) is 0 Å². The molecular formula is C17H14N2O5. The lowest BCUT2D eigenvalue weighted by atomic mass is 9.89. The summed E-state index contributed by atoms with van der Waals surface area (Å²) in [6.07, 6.45) is 0. The quantitative estimate of drug-likeness (QED) is 0.475. The van der Waals surface area contributed by atoms with Gasteiger partial charge in [0.05, 0.1) is 19.1 Å². The Morgan fingerprint density at radius 3 is 2.54 bits per heavy atom. The molecule has 0 saturated heterocycles. The van der Waals surface area contributed by atoms with Crippen LogP contribution in [0.2, 0.25) is 0 Å². The number of nitriles is 1. The van der Waals surface area contributed by atoms with Crippen LogP contribution in [0.1, 0.15) is 22.6 Å². The van der Waals surface area contributed by atoms with Gasteiger partial charge in [-0.2, -0.15) is 5.26 Å². The Hall–Kier alpha value is -3.40. The van der Waals surface area contributed by atoms with E-state index in [9.17, 15) is 14.9 Å². The SMILES string of the molecule is COC(=O)[C@H](c1ccc([N+](=O)[O-])c(C#N)c1)c1ccccc1OC. The van der Waals surface area contributed by atoms with Crippen LogP contribution < -0.4 is 4.74 Å². The van der Waals surface area contributed by atoms with E-state index < -0.39 is 16.8 Å². The minimum absolute atomic E-state index is 0.124. The Kier molecular flexibility index (Phi) is 5.12. The van der Waals surface area contributed by atoms with Crippen molar-refractivity contribution in [2.45, 2.75) is 5.92 Å². The van der Waals surface area contributed by atoms with Gasteiger partial charge < -0.3 is 9.47 Å². The Labute approximate surface area is 138 Å². The molecule has 7 heteroatoms. The summed E-state index contributed by atoms with van der Waals surface area (Å²) < 4.78 is 10.1. The smallest absolute Gasteiger partial charge is 0.317 e. The van der Waals surface area contributed by atoms with Gasteiger partial charge >= 0.3 is 5.97 Å². The van der Waals surface area contributed by atoms with E-state index in [0.29, 0.717) is 16.9 Å². The molecule has 0 fully saturated rings.